The number of H-pyrrole nitrogens is 1. The van der Waals surface area contributed by atoms with Gasteiger partial charge in [0, 0.05) is 35.2 Å². The van der Waals surface area contributed by atoms with Gasteiger partial charge in [-0.2, -0.15) is 0 Å². The van der Waals surface area contributed by atoms with Gasteiger partial charge in [-0.3, -0.25) is 0 Å². The summed E-state index contributed by atoms with van der Waals surface area (Å²) in [7, 11) is 1.69. The number of aromatic nitrogens is 1. The van der Waals surface area contributed by atoms with E-state index in [1.807, 2.05) is 13.0 Å². The molecule has 0 spiro atoms. The lowest BCUT2D eigenvalue weighted by Crippen LogP contribution is -2.29. The van der Waals surface area contributed by atoms with Gasteiger partial charge in [-0.15, -0.1) is 0 Å². The first-order valence-corrected chi connectivity index (χ1v) is 9.33. The lowest BCUT2D eigenvalue weighted by atomic mass is 10.0. The minimum absolute atomic E-state index is 0.408. The molecule has 0 unspecified atom stereocenters. The molecule has 1 fully saturated rings. The van der Waals surface area contributed by atoms with Crippen molar-refractivity contribution in [3.05, 3.63) is 41.5 Å². The maximum atomic E-state index is 10.6. The zero-order valence-electron chi connectivity index (χ0n) is 15.7. The third kappa shape index (κ3) is 2.79. The highest BCUT2D eigenvalue weighted by molar-refractivity contribution is 5.92. The number of benzene rings is 2. The molecule has 1 aliphatic heterocycles. The number of rotatable bonds is 3. The first kappa shape index (κ1) is 16.8. The van der Waals surface area contributed by atoms with Crippen LogP contribution in [-0.2, 0) is 0 Å². The number of hydrogen-bond donors (Lipinski definition) is 2. The maximum Gasteiger partial charge on any atom is 0.141 e. The fraction of sp³-hybridized carbons (Fsp3) is 0.364. The molecule has 2 heterocycles. The van der Waals surface area contributed by atoms with Crippen molar-refractivity contribution in [2.24, 2.45) is 0 Å². The average Bonchev–Trinajstić information content (AvgIpc) is 3.00. The van der Waals surface area contributed by atoms with Gasteiger partial charge in [-0.05, 0) is 74.6 Å². The van der Waals surface area contributed by atoms with E-state index in [1.165, 1.54) is 30.2 Å². The normalized spacial score (nSPS) is 14.8. The van der Waals surface area contributed by atoms with Gasteiger partial charge in [-0.25, -0.2) is 0 Å². The van der Waals surface area contributed by atoms with Crippen LogP contribution in [0.4, 0.5) is 5.69 Å². The molecule has 0 bridgehead atoms. The van der Waals surface area contributed by atoms with E-state index >= 15 is 0 Å². The van der Waals surface area contributed by atoms with E-state index in [0.29, 0.717) is 5.75 Å². The molecule has 0 aliphatic carbocycles. The molecular weight excluding hydrogens is 324 g/mol. The Bertz CT molecular complexity index is 952. The van der Waals surface area contributed by atoms with Crippen molar-refractivity contribution in [3.63, 3.8) is 0 Å². The minimum atomic E-state index is 0.408. The molecule has 1 aromatic heterocycles. The lowest BCUT2D eigenvalue weighted by Gasteiger charge is -2.30. The zero-order valence-corrected chi connectivity index (χ0v) is 15.7. The summed E-state index contributed by atoms with van der Waals surface area (Å²) in [6, 6.07) is 10.3. The number of nitrogens with zero attached hydrogens (tertiary/aromatic N) is 1. The van der Waals surface area contributed by atoms with Crippen LogP contribution in [0.1, 0.15) is 30.4 Å². The van der Waals surface area contributed by atoms with E-state index in [9.17, 15) is 5.11 Å². The zero-order chi connectivity index (χ0) is 18.3. The van der Waals surface area contributed by atoms with Crippen molar-refractivity contribution in [1.82, 2.24) is 4.98 Å². The molecule has 0 saturated carbocycles. The highest BCUT2D eigenvalue weighted by Gasteiger charge is 2.19. The predicted molar refractivity (Wildman–Crippen MR) is 107 cm³/mol. The lowest BCUT2D eigenvalue weighted by molar-refractivity contribution is 0.415. The Morgan fingerprint density at radius 3 is 2.54 bits per heavy atom. The number of phenolic OH excluding ortho intramolecular Hbond substituents is 1. The number of fused-ring (bicyclic) bond motifs is 1. The molecule has 0 amide bonds. The molecule has 4 rings (SSSR count). The molecule has 0 atom stereocenters. The number of aromatic hydroxyl groups is 1. The van der Waals surface area contributed by atoms with Crippen LogP contribution in [-0.4, -0.2) is 30.3 Å². The molecule has 136 valence electrons. The molecule has 3 aromatic rings. The largest absolute Gasteiger partial charge is 0.505 e. The summed E-state index contributed by atoms with van der Waals surface area (Å²) >= 11 is 0. The minimum Gasteiger partial charge on any atom is -0.505 e. The van der Waals surface area contributed by atoms with E-state index < -0.39 is 0 Å². The molecule has 4 heteroatoms. The van der Waals surface area contributed by atoms with Crippen molar-refractivity contribution in [1.29, 1.82) is 0 Å². The number of hydrogen-bond acceptors (Lipinski definition) is 3. The standard InChI is InChI=1S/C22H26N2O2/c1-14-11-16(12-20(22(14)25)24-9-5-4-6-10-24)21-15(2)18-13-17(26-3)7-8-19(18)23-21/h7-8,11-13,23,25H,4-6,9-10H2,1-3H3. The number of aryl methyl sites for hydroxylation is 2. The van der Waals surface area contributed by atoms with E-state index in [4.69, 9.17) is 4.74 Å². The molecule has 0 radical (unpaired) electrons. The molecule has 4 nitrogen and oxygen atoms in total. The van der Waals surface area contributed by atoms with Crippen molar-refractivity contribution in [2.75, 3.05) is 25.1 Å². The van der Waals surface area contributed by atoms with E-state index in [2.05, 4.69) is 41.1 Å². The Balaban J connectivity index is 1.84. The number of methoxy groups -OCH3 is 1. The van der Waals surface area contributed by atoms with Gasteiger partial charge in [0.25, 0.3) is 0 Å². The summed E-state index contributed by atoms with van der Waals surface area (Å²) in [5.41, 5.74) is 6.40. The quantitative estimate of drug-likeness (QED) is 0.686. The molecule has 2 N–H and O–H groups in total. The average molecular weight is 350 g/mol. The number of nitrogens with one attached hydrogen (secondary N) is 1. The second-order valence-corrected chi connectivity index (χ2v) is 7.25. The van der Waals surface area contributed by atoms with Crippen LogP contribution < -0.4 is 9.64 Å². The Labute approximate surface area is 154 Å². The monoisotopic (exact) mass is 350 g/mol. The third-order valence-corrected chi connectivity index (χ3v) is 5.53. The Hall–Kier alpha value is -2.62. The molecule has 1 aliphatic rings. The topological polar surface area (TPSA) is 48.5 Å². The number of phenols is 1. The van der Waals surface area contributed by atoms with Crippen LogP contribution in [0, 0.1) is 13.8 Å². The highest BCUT2D eigenvalue weighted by atomic mass is 16.5. The fourth-order valence-electron chi connectivity index (χ4n) is 4.00. The van der Waals surface area contributed by atoms with Crippen LogP contribution in [0.15, 0.2) is 30.3 Å². The summed E-state index contributed by atoms with van der Waals surface area (Å²) in [5, 5.41) is 11.8. The Morgan fingerprint density at radius 1 is 1.04 bits per heavy atom. The van der Waals surface area contributed by atoms with Crippen LogP contribution in [0.3, 0.4) is 0 Å². The molecule has 1 saturated heterocycles. The Kier molecular flexibility index (Phi) is 4.27. The van der Waals surface area contributed by atoms with Crippen LogP contribution in [0.2, 0.25) is 0 Å². The van der Waals surface area contributed by atoms with Gasteiger partial charge >= 0.3 is 0 Å². The van der Waals surface area contributed by atoms with Gasteiger partial charge in [0.2, 0.25) is 0 Å². The summed E-state index contributed by atoms with van der Waals surface area (Å²) in [5.74, 6) is 1.27. The van der Waals surface area contributed by atoms with Gasteiger partial charge in [0.05, 0.1) is 12.8 Å². The first-order valence-electron chi connectivity index (χ1n) is 9.33. The van der Waals surface area contributed by atoms with Gasteiger partial charge < -0.3 is 19.7 Å². The summed E-state index contributed by atoms with van der Waals surface area (Å²) in [4.78, 5) is 5.87. The maximum absolute atomic E-state index is 10.6. The number of ether oxygens (including phenoxy) is 1. The highest BCUT2D eigenvalue weighted by Crippen LogP contribution is 2.39. The number of piperidine rings is 1. The smallest absolute Gasteiger partial charge is 0.141 e. The van der Waals surface area contributed by atoms with Crippen molar-refractivity contribution < 1.29 is 9.84 Å². The van der Waals surface area contributed by atoms with E-state index in [0.717, 1.165) is 46.9 Å². The Morgan fingerprint density at radius 2 is 1.81 bits per heavy atom. The van der Waals surface area contributed by atoms with Gasteiger partial charge in [0.1, 0.15) is 11.5 Å². The van der Waals surface area contributed by atoms with Gasteiger partial charge in [-0.1, -0.05) is 0 Å². The molecular formula is C22H26N2O2. The summed E-state index contributed by atoms with van der Waals surface area (Å²) in [6.07, 6.45) is 3.65. The second kappa shape index (κ2) is 6.60. The van der Waals surface area contributed by atoms with Gasteiger partial charge in [0.15, 0.2) is 0 Å². The van der Waals surface area contributed by atoms with Crippen LogP contribution in [0.25, 0.3) is 22.2 Å². The van der Waals surface area contributed by atoms with E-state index in [1.54, 1.807) is 7.11 Å². The number of anilines is 1. The van der Waals surface area contributed by atoms with Crippen LogP contribution >= 0.6 is 0 Å². The van der Waals surface area contributed by atoms with Crippen molar-refractivity contribution in [3.8, 4) is 22.8 Å². The first-order chi connectivity index (χ1) is 12.6. The van der Waals surface area contributed by atoms with E-state index in [-0.39, 0.29) is 0 Å². The summed E-state index contributed by atoms with van der Waals surface area (Å²) < 4.78 is 5.37. The predicted octanol–water partition coefficient (Wildman–Crippen LogP) is 5.16. The summed E-state index contributed by atoms with van der Waals surface area (Å²) in [6.45, 7) is 6.14. The molecule has 2 aromatic carbocycles. The fourth-order valence-corrected chi connectivity index (χ4v) is 4.00. The number of aromatic amines is 1. The second-order valence-electron chi connectivity index (χ2n) is 7.25. The third-order valence-electron chi connectivity index (χ3n) is 5.53. The SMILES string of the molecule is COc1ccc2[nH]c(-c3cc(C)c(O)c(N4CCCCC4)c3)c(C)c2c1. The molecule has 26 heavy (non-hydrogen) atoms. The van der Waals surface area contributed by atoms with Crippen LogP contribution in [0.5, 0.6) is 11.5 Å². The van der Waals surface area contributed by atoms with Crippen molar-refractivity contribution >= 4 is 16.6 Å². The van der Waals surface area contributed by atoms with Crippen molar-refractivity contribution in [2.45, 2.75) is 33.1 Å².